The average Bonchev–Trinajstić information content (AvgIpc) is 1.91. The van der Waals surface area contributed by atoms with Gasteiger partial charge in [0.15, 0.2) is 0 Å². The van der Waals surface area contributed by atoms with Gasteiger partial charge in [-0.15, -0.1) is 0 Å². The van der Waals surface area contributed by atoms with Gasteiger partial charge in [-0.05, 0) is 13.0 Å². The maximum atomic E-state index is 5.34. The average molecular weight is 227 g/mol. The molecule has 2 N–H and O–H groups in total. The van der Waals surface area contributed by atoms with Crippen molar-refractivity contribution in [2.75, 3.05) is 6.54 Å². The second-order valence-electron chi connectivity index (χ2n) is 1.93. The molecule has 1 rings (SSSR count). The molecule has 1 aromatic carbocycles. The van der Waals surface area contributed by atoms with E-state index < -0.39 is 0 Å². The molecule has 0 atom stereocenters. The molecule has 0 fully saturated rings. The van der Waals surface area contributed by atoms with E-state index in [2.05, 4.69) is 6.07 Å². The number of rotatable bonds is 2. The maximum Gasteiger partial charge on any atom is 2.00 e. The fourth-order valence-electron chi connectivity index (χ4n) is 0.742. The Labute approximate surface area is 75.3 Å². The first-order valence-corrected chi connectivity index (χ1v) is 3.09. The van der Waals surface area contributed by atoms with Crippen molar-refractivity contribution in [1.82, 2.24) is 0 Å². The smallest absolute Gasteiger partial charge is 0.330 e. The zero-order chi connectivity index (χ0) is 6.53. The van der Waals surface area contributed by atoms with E-state index in [9.17, 15) is 0 Å². The Morgan fingerprint density at radius 1 is 1.40 bits per heavy atom. The van der Waals surface area contributed by atoms with Crippen LogP contribution in [0.1, 0.15) is 5.56 Å². The first-order chi connectivity index (χ1) is 4.43. The summed E-state index contributed by atoms with van der Waals surface area (Å²) in [5, 5.41) is 0. The Bertz CT molecular complexity index is 162. The Morgan fingerprint density at radius 3 is 2.70 bits per heavy atom. The van der Waals surface area contributed by atoms with Crippen LogP contribution in [0.3, 0.4) is 0 Å². The molecule has 1 aromatic rings. The minimum absolute atomic E-state index is 0. The monoisotopic (exact) mass is 226 g/mol. The molecule has 0 aliphatic carbocycles. The van der Waals surface area contributed by atoms with E-state index in [1.165, 1.54) is 5.56 Å². The van der Waals surface area contributed by atoms with Gasteiger partial charge in [-0.1, -0.05) is 0 Å². The first-order valence-electron chi connectivity index (χ1n) is 3.09. The zero-order valence-electron chi connectivity index (χ0n) is 5.62. The Hall–Kier alpha value is -0.158. The molecule has 0 heterocycles. The van der Waals surface area contributed by atoms with Crippen molar-refractivity contribution in [2.24, 2.45) is 5.73 Å². The fourth-order valence-corrected chi connectivity index (χ4v) is 0.742. The molecule has 0 aliphatic rings. The van der Waals surface area contributed by atoms with Crippen LogP contribution in [-0.4, -0.2) is 6.54 Å². The zero-order valence-corrected chi connectivity index (χ0v) is 7.17. The normalized spacial score (nSPS) is 8.50. The van der Waals surface area contributed by atoms with Crippen LogP contribution in [0.5, 0.6) is 0 Å². The van der Waals surface area contributed by atoms with Crippen molar-refractivity contribution in [3.8, 4) is 0 Å². The van der Waals surface area contributed by atoms with Crippen LogP contribution >= 0.6 is 0 Å². The van der Waals surface area contributed by atoms with E-state index in [-0.39, 0.29) is 20.4 Å². The second-order valence-corrected chi connectivity index (χ2v) is 1.93. The molecule has 0 spiro atoms. The first kappa shape index (κ1) is 9.84. The molecule has 2 heteroatoms. The Kier molecular flexibility index (Phi) is 5.53. The second kappa shape index (κ2) is 5.61. The minimum Gasteiger partial charge on any atom is -0.330 e. The predicted molar refractivity (Wildman–Crippen MR) is 38.0 cm³/mol. The van der Waals surface area contributed by atoms with Crippen molar-refractivity contribution in [2.45, 2.75) is 6.42 Å². The van der Waals surface area contributed by atoms with Gasteiger partial charge in [0, 0.05) is 0 Å². The van der Waals surface area contributed by atoms with Crippen LogP contribution in [0.25, 0.3) is 0 Å². The van der Waals surface area contributed by atoms with Crippen LogP contribution in [0.15, 0.2) is 24.3 Å². The summed E-state index contributed by atoms with van der Waals surface area (Å²) < 4.78 is 0. The number of hydrogen-bond acceptors (Lipinski definition) is 1. The summed E-state index contributed by atoms with van der Waals surface area (Å²) in [6.07, 6.45) is 0.931. The maximum absolute atomic E-state index is 5.34. The van der Waals surface area contributed by atoms with Gasteiger partial charge in [-0.2, -0.15) is 35.9 Å². The van der Waals surface area contributed by atoms with Gasteiger partial charge in [0.25, 0.3) is 0 Å². The Morgan fingerprint density at radius 2 is 2.20 bits per heavy atom. The van der Waals surface area contributed by atoms with Crippen molar-refractivity contribution in [1.29, 1.82) is 0 Å². The SMILES string of the molecule is NCCc1[c-]cccc1.[Pd+2]. The van der Waals surface area contributed by atoms with Crippen molar-refractivity contribution in [3.05, 3.63) is 35.9 Å². The van der Waals surface area contributed by atoms with Gasteiger partial charge in [0.2, 0.25) is 0 Å². The summed E-state index contributed by atoms with van der Waals surface area (Å²) >= 11 is 0. The molecule has 0 radical (unpaired) electrons. The molecule has 10 heavy (non-hydrogen) atoms. The molecule has 56 valence electrons. The summed E-state index contributed by atoms with van der Waals surface area (Å²) in [4.78, 5) is 0. The van der Waals surface area contributed by atoms with Crippen molar-refractivity contribution >= 4 is 0 Å². The summed E-state index contributed by atoms with van der Waals surface area (Å²) in [6, 6.07) is 11.0. The van der Waals surface area contributed by atoms with Gasteiger partial charge >= 0.3 is 20.4 Å². The predicted octanol–water partition coefficient (Wildman–Crippen LogP) is 0.985. The number of hydrogen-bond donors (Lipinski definition) is 1. The molecule has 0 bridgehead atoms. The molecule has 0 unspecified atom stereocenters. The quantitative estimate of drug-likeness (QED) is 0.591. The van der Waals surface area contributed by atoms with E-state index >= 15 is 0 Å². The van der Waals surface area contributed by atoms with Crippen LogP contribution in [0.2, 0.25) is 0 Å². The van der Waals surface area contributed by atoms with Crippen molar-refractivity contribution < 1.29 is 20.4 Å². The van der Waals surface area contributed by atoms with Crippen molar-refractivity contribution in [3.63, 3.8) is 0 Å². The molecule has 0 saturated carbocycles. The largest absolute Gasteiger partial charge is 2.00 e. The third-order valence-electron chi connectivity index (χ3n) is 1.19. The summed E-state index contributed by atoms with van der Waals surface area (Å²) in [6.45, 7) is 0.709. The summed E-state index contributed by atoms with van der Waals surface area (Å²) in [7, 11) is 0. The molecule has 0 amide bonds. The topological polar surface area (TPSA) is 26.0 Å². The van der Waals surface area contributed by atoms with Crippen LogP contribution in [-0.2, 0) is 26.8 Å². The Balaban J connectivity index is 0.000000810. The molecular formula is C8H10NPd+. The summed E-state index contributed by atoms with van der Waals surface area (Å²) in [5.74, 6) is 0. The van der Waals surface area contributed by atoms with E-state index in [0.29, 0.717) is 6.54 Å². The molecule has 0 saturated heterocycles. The number of benzene rings is 1. The number of nitrogens with two attached hydrogens (primary N) is 1. The van der Waals surface area contributed by atoms with E-state index in [1.54, 1.807) is 0 Å². The molecule has 1 nitrogen and oxygen atoms in total. The van der Waals surface area contributed by atoms with Crippen LogP contribution in [0.4, 0.5) is 0 Å². The third kappa shape index (κ3) is 3.12. The molecule has 0 aromatic heterocycles. The standard InChI is InChI=1S/C8H10N.Pd/c9-7-6-8-4-2-1-3-5-8;/h1-4H,6-7,9H2;/q-1;+2. The third-order valence-corrected chi connectivity index (χ3v) is 1.19. The van der Waals surface area contributed by atoms with Crippen LogP contribution in [0, 0.1) is 6.07 Å². The molecular weight excluding hydrogens is 217 g/mol. The van der Waals surface area contributed by atoms with Crippen LogP contribution < -0.4 is 5.73 Å². The molecule has 0 aliphatic heterocycles. The van der Waals surface area contributed by atoms with Gasteiger partial charge in [0.05, 0.1) is 0 Å². The summed E-state index contributed by atoms with van der Waals surface area (Å²) in [5.41, 5.74) is 6.53. The van der Waals surface area contributed by atoms with Gasteiger partial charge in [0.1, 0.15) is 0 Å². The van der Waals surface area contributed by atoms with Gasteiger partial charge < -0.3 is 5.73 Å². The van der Waals surface area contributed by atoms with E-state index in [1.807, 2.05) is 24.3 Å². The van der Waals surface area contributed by atoms with Gasteiger partial charge in [-0.3, -0.25) is 0 Å². The minimum atomic E-state index is 0. The fraction of sp³-hybridized carbons (Fsp3) is 0.250. The van der Waals surface area contributed by atoms with E-state index in [0.717, 1.165) is 6.42 Å². The van der Waals surface area contributed by atoms with E-state index in [4.69, 9.17) is 5.73 Å². The van der Waals surface area contributed by atoms with Gasteiger partial charge in [-0.25, -0.2) is 0 Å².